The molecule has 1 nitrogen and oxygen atoms in total. The van der Waals surface area contributed by atoms with E-state index in [4.69, 9.17) is 5.73 Å². The minimum atomic E-state index is 0.775. The fourth-order valence-electron chi connectivity index (χ4n) is 2.68. The summed E-state index contributed by atoms with van der Waals surface area (Å²) >= 11 is 0. The van der Waals surface area contributed by atoms with Crippen molar-refractivity contribution in [2.24, 2.45) is 5.73 Å². The van der Waals surface area contributed by atoms with Crippen molar-refractivity contribution in [1.82, 2.24) is 0 Å². The molecule has 1 aromatic carbocycles. The molecule has 1 aliphatic rings. The fraction of sp³-hybridized carbons (Fsp3) is 0.571. The van der Waals surface area contributed by atoms with Crippen LogP contribution in [0.25, 0.3) is 0 Å². The number of hydrogen-bond donors (Lipinski definition) is 1. The Hall–Kier alpha value is -0.820. The normalized spacial score (nSPS) is 20.0. The molecule has 2 rings (SSSR count). The summed E-state index contributed by atoms with van der Waals surface area (Å²) in [5, 5.41) is 0. The van der Waals surface area contributed by atoms with Gasteiger partial charge >= 0.3 is 0 Å². The number of fused-ring (bicyclic) bond motifs is 1. The van der Waals surface area contributed by atoms with Gasteiger partial charge in [0.15, 0.2) is 0 Å². The largest absolute Gasteiger partial charge is 0.330 e. The van der Waals surface area contributed by atoms with Crippen LogP contribution in [0.1, 0.15) is 48.3 Å². The van der Waals surface area contributed by atoms with E-state index in [1.54, 1.807) is 11.1 Å². The highest BCUT2D eigenvalue weighted by Crippen LogP contribution is 2.35. The van der Waals surface area contributed by atoms with Gasteiger partial charge in [0.05, 0.1) is 0 Å². The SMILES string of the molecule is Cc1ccc2c(c1)C(CCCN)CCC2. The first-order valence-electron chi connectivity index (χ1n) is 6.11. The Morgan fingerprint density at radius 1 is 1.40 bits per heavy atom. The summed E-state index contributed by atoms with van der Waals surface area (Å²) in [6.45, 7) is 3.02. The topological polar surface area (TPSA) is 26.0 Å². The minimum Gasteiger partial charge on any atom is -0.330 e. The van der Waals surface area contributed by atoms with Crippen LogP contribution in [0.15, 0.2) is 18.2 Å². The molecule has 0 amide bonds. The van der Waals surface area contributed by atoms with Crippen molar-refractivity contribution in [2.75, 3.05) is 6.54 Å². The standard InChI is InChI=1S/C14H21N/c1-11-7-8-13-5-2-4-12(6-3-9-15)14(13)10-11/h7-8,10,12H,2-6,9,15H2,1H3. The van der Waals surface area contributed by atoms with E-state index in [0.717, 1.165) is 18.9 Å². The van der Waals surface area contributed by atoms with Gasteiger partial charge in [0, 0.05) is 0 Å². The van der Waals surface area contributed by atoms with Gasteiger partial charge < -0.3 is 5.73 Å². The number of aryl methyl sites for hydroxylation is 2. The van der Waals surface area contributed by atoms with Crippen molar-refractivity contribution in [1.29, 1.82) is 0 Å². The molecule has 2 N–H and O–H groups in total. The Balaban J connectivity index is 2.20. The van der Waals surface area contributed by atoms with Crippen LogP contribution in [-0.2, 0) is 6.42 Å². The van der Waals surface area contributed by atoms with E-state index < -0.39 is 0 Å². The molecule has 0 spiro atoms. The van der Waals surface area contributed by atoms with Crippen molar-refractivity contribution >= 4 is 0 Å². The molecule has 82 valence electrons. The van der Waals surface area contributed by atoms with Crippen LogP contribution in [0.5, 0.6) is 0 Å². The van der Waals surface area contributed by atoms with Gasteiger partial charge in [0.1, 0.15) is 0 Å². The Bertz CT molecular complexity index is 330. The summed E-state index contributed by atoms with van der Waals surface area (Å²) in [4.78, 5) is 0. The first kappa shape index (κ1) is 10.7. The van der Waals surface area contributed by atoms with E-state index in [0.29, 0.717) is 0 Å². The lowest BCUT2D eigenvalue weighted by atomic mass is 9.80. The lowest BCUT2D eigenvalue weighted by molar-refractivity contribution is 0.507. The zero-order chi connectivity index (χ0) is 10.7. The molecular weight excluding hydrogens is 182 g/mol. The highest BCUT2D eigenvalue weighted by molar-refractivity contribution is 5.36. The third-order valence-corrected chi connectivity index (χ3v) is 3.50. The molecule has 1 atom stereocenters. The molecule has 0 aromatic heterocycles. The van der Waals surface area contributed by atoms with Crippen LogP contribution in [0, 0.1) is 6.92 Å². The van der Waals surface area contributed by atoms with Gasteiger partial charge in [0.2, 0.25) is 0 Å². The van der Waals surface area contributed by atoms with Crippen molar-refractivity contribution in [3.8, 4) is 0 Å². The van der Waals surface area contributed by atoms with E-state index in [1.807, 2.05) is 0 Å². The highest BCUT2D eigenvalue weighted by atomic mass is 14.5. The van der Waals surface area contributed by atoms with Gasteiger partial charge in [-0.15, -0.1) is 0 Å². The van der Waals surface area contributed by atoms with Crippen LogP contribution in [0.4, 0.5) is 0 Å². The minimum absolute atomic E-state index is 0.775. The third-order valence-electron chi connectivity index (χ3n) is 3.50. The molecule has 0 saturated heterocycles. The number of rotatable bonds is 3. The lowest BCUT2D eigenvalue weighted by Gasteiger charge is -2.25. The Kier molecular flexibility index (Phi) is 3.42. The van der Waals surface area contributed by atoms with Crippen molar-refractivity contribution in [3.63, 3.8) is 0 Å². The zero-order valence-corrected chi connectivity index (χ0v) is 9.63. The maximum absolute atomic E-state index is 5.60. The number of nitrogens with two attached hydrogens (primary N) is 1. The first-order valence-corrected chi connectivity index (χ1v) is 6.11. The summed E-state index contributed by atoms with van der Waals surface area (Å²) in [5.74, 6) is 0.775. The second kappa shape index (κ2) is 4.80. The molecule has 1 heteroatoms. The van der Waals surface area contributed by atoms with Crippen LogP contribution in [-0.4, -0.2) is 6.54 Å². The molecule has 1 aromatic rings. The lowest BCUT2D eigenvalue weighted by Crippen LogP contribution is -2.11. The molecule has 0 fully saturated rings. The summed E-state index contributed by atoms with van der Waals surface area (Å²) in [7, 11) is 0. The molecule has 0 aliphatic heterocycles. The molecule has 1 aliphatic carbocycles. The van der Waals surface area contributed by atoms with Gasteiger partial charge in [-0.25, -0.2) is 0 Å². The molecule has 0 saturated carbocycles. The van der Waals surface area contributed by atoms with E-state index in [2.05, 4.69) is 25.1 Å². The van der Waals surface area contributed by atoms with E-state index in [9.17, 15) is 0 Å². The predicted molar refractivity (Wildman–Crippen MR) is 65.1 cm³/mol. The Labute approximate surface area is 92.7 Å². The average molecular weight is 203 g/mol. The van der Waals surface area contributed by atoms with Crippen molar-refractivity contribution in [3.05, 3.63) is 34.9 Å². The third kappa shape index (κ3) is 2.40. The van der Waals surface area contributed by atoms with Crippen molar-refractivity contribution < 1.29 is 0 Å². The van der Waals surface area contributed by atoms with Crippen molar-refractivity contribution in [2.45, 2.75) is 44.9 Å². The molecule has 0 heterocycles. The number of hydrogen-bond acceptors (Lipinski definition) is 1. The highest BCUT2D eigenvalue weighted by Gasteiger charge is 2.19. The van der Waals surface area contributed by atoms with Gasteiger partial charge in [0.25, 0.3) is 0 Å². The predicted octanol–water partition coefficient (Wildman–Crippen LogP) is 3.15. The molecular formula is C14H21N. The van der Waals surface area contributed by atoms with E-state index in [1.165, 1.54) is 31.2 Å². The molecule has 0 bridgehead atoms. The van der Waals surface area contributed by atoms with E-state index in [-0.39, 0.29) is 0 Å². The van der Waals surface area contributed by atoms with E-state index >= 15 is 0 Å². The monoisotopic (exact) mass is 203 g/mol. The summed E-state index contributed by atoms with van der Waals surface area (Å²) in [6, 6.07) is 6.94. The van der Waals surface area contributed by atoms with Gasteiger partial charge in [-0.3, -0.25) is 0 Å². The quantitative estimate of drug-likeness (QED) is 0.802. The Morgan fingerprint density at radius 3 is 3.07 bits per heavy atom. The maximum atomic E-state index is 5.60. The van der Waals surface area contributed by atoms with Gasteiger partial charge in [-0.05, 0) is 62.6 Å². The summed E-state index contributed by atoms with van der Waals surface area (Å²) in [5.41, 5.74) is 10.2. The summed E-state index contributed by atoms with van der Waals surface area (Å²) < 4.78 is 0. The van der Waals surface area contributed by atoms with Crippen LogP contribution < -0.4 is 5.73 Å². The summed E-state index contributed by atoms with van der Waals surface area (Å²) in [6.07, 6.45) is 6.42. The van der Waals surface area contributed by atoms with Crippen LogP contribution >= 0.6 is 0 Å². The first-order chi connectivity index (χ1) is 7.31. The second-order valence-corrected chi connectivity index (χ2v) is 4.72. The second-order valence-electron chi connectivity index (χ2n) is 4.72. The van der Waals surface area contributed by atoms with Crippen LogP contribution in [0.3, 0.4) is 0 Å². The van der Waals surface area contributed by atoms with Crippen LogP contribution in [0.2, 0.25) is 0 Å². The number of benzene rings is 1. The fourth-order valence-corrected chi connectivity index (χ4v) is 2.68. The Morgan fingerprint density at radius 2 is 2.27 bits per heavy atom. The smallest absolute Gasteiger partial charge is 0.00771 e. The van der Waals surface area contributed by atoms with Gasteiger partial charge in [-0.1, -0.05) is 23.8 Å². The molecule has 15 heavy (non-hydrogen) atoms. The average Bonchev–Trinajstić information content (AvgIpc) is 2.26. The maximum Gasteiger partial charge on any atom is -0.00771 e. The zero-order valence-electron chi connectivity index (χ0n) is 9.63. The molecule has 0 radical (unpaired) electrons. The van der Waals surface area contributed by atoms with Gasteiger partial charge in [-0.2, -0.15) is 0 Å². The molecule has 1 unspecified atom stereocenters.